The van der Waals surface area contributed by atoms with Crippen LogP contribution in [0.2, 0.25) is 0 Å². The van der Waals surface area contributed by atoms with Gasteiger partial charge in [-0.2, -0.15) is 16.1 Å². The number of carbonyl (C=O) groups is 1. The molecule has 6 nitrogen and oxygen atoms in total. The molecule has 0 aliphatic carbocycles. The Bertz CT molecular complexity index is 791. The van der Waals surface area contributed by atoms with Gasteiger partial charge in [-0.15, -0.1) is 5.92 Å². The van der Waals surface area contributed by atoms with Gasteiger partial charge in [-0.05, 0) is 45.0 Å². The Balaban J connectivity index is 2.30. The predicted molar refractivity (Wildman–Crippen MR) is 97.2 cm³/mol. The van der Waals surface area contributed by atoms with Gasteiger partial charge in [0.05, 0.1) is 4.90 Å². The van der Waals surface area contributed by atoms with Crippen LogP contribution in [0, 0.1) is 11.8 Å². The summed E-state index contributed by atoms with van der Waals surface area (Å²) >= 11 is 1.47. The second-order valence-electron chi connectivity index (χ2n) is 6.00. The van der Waals surface area contributed by atoms with Crippen molar-refractivity contribution in [1.82, 2.24) is 4.31 Å². The quantitative estimate of drug-likeness (QED) is 0.784. The highest BCUT2D eigenvalue weighted by Crippen LogP contribution is 2.38. The van der Waals surface area contributed by atoms with Crippen molar-refractivity contribution in [1.29, 1.82) is 0 Å². The first-order chi connectivity index (χ1) is 11.7. The predicted octanol–water partition coefficient (Wildman–Crippen LogP) is 2.06. The molecule has 1 aliphatic rings. The molecule has 1 saturated heterocycles. The summed E-state index contributed by atoms with van der Waals surface area (Å²) in [7, 11) is -3.91. The Kier molecular flexibility index (Phi) is 6.03. The monoisotopic (exact) mass is 383 g/mol. The number of ether oxygens (including phenoxy) is 1. The largest absolute Gasteiger partial charge is 0.481 e. The van der Waals surface area contributed by atoms with Gasteiger partial charge in [-0.25, -0.2) is 8.42 Å². The Morgan fingerprint density at radius 3 is 2.60 bits per heavy atom. The number of carboxylic acid groups (broad SMARTS) is 1. The number of hydrogen-bond donors (Lipinski definition) is 1. The van der Waals surface area contributed by atoms with Gasteiger partial charge in [-0.3, -0.25) is 4.79 Å². The summed E-state index contributed by atoms with van der Waals surface area (Å²) in [6.45, 7) is 5.60. The number of benzene rings is 1. The van der Waals surface area contributed by atoms with Crippen LogP contribution in [0.25, 0.3) is 0 Å². The summed E-state index contributed by atoms with van der Waals surface area (Å²) in [5, 5.41) is 9.57. The maximum atomic E-state index is 13.0. The normalized spacial score (nSPS) is 20.4. The molecule has 136 valence electrons. The minimum atomic E-state index is -3.91. The van der Waals surface area contributed by atoms with Gasteiger partial charge in [0.1, 0.15) is 18.4 Å². The summed E-state index contributed by atoms with van der Waals surface area (Å²) in [4.78, 5) is 11.8. The van der Waals surface area contributed by atoms with E-state index in [1.807, 2.05) is 0 Å². The van der Waals surface area contributed by atoms with E-state index in [0.717, 1.165) is 4.31 Å². The molecule has 0 aromatic heterocycles. The topological polar surface area (TPSA) is 83.9 Å². The molecular weight excluding hydrogens is 362 g/mol. The smallest absolute Gasteiger partial charge is 0.323 e. The van der Waals surface area contributed by atoms with Crippen molar-refractivity contribution in [2.45, 2.75) is 36.5 Å². The molecule has 0 radical (unpaired) electrons. The lowest BCUT2D eigenvalue weighted by molar-refractivity contribution is -0.142. The molecule has 1 heterocycles. The zero-order chi connectivity index (χ0) is 18.7. The first kappa shape index (κ1) is 19.6. The Labute approximate surface area is 152 Å². The number of sulfonamides is 1. The standard InChI is InChI=1S/C17H21NO5S2/c1-4-5-11-23-13-6-8-14(9-7-13)25(21,22)18-10-12-24-17(2,3)15(18)16(19)20/h6-9,15H,10-12H2,1-3H3,(H,19,20). The van der Waals surface area contributed by atoms with Gasteiger partial charge in [0.25, 0.3) is 0 Å². The number of nitrogens with zero attached hydrogens (tertiary/aromatic N) is 1. The highest BCUT2D eigenvalue weighted by molar-refractivity contribution is 8.00. The third-order valence-electron chi connectivity index (χ3n) is 3.88. The summed E-state index contributed by atoms with van der Waals surface area (Å²) in [5.74, 6) is 5.37. The molecule has 1 aliphatic heterocycles. The van der Waals surface area contributed by atoms with Crippen LogP contribution in [0.1, 0.15) is 20.8 Å². The molecule has 1 unspecified atom stereocenters. The number of hydrogen-bond acceptors (Lipinski definition) is 5. The SMILES string of the molecule is CC#CCOc1ccc(S(=O)(=O)N2CCSC(C)(C)C2C(=O)O)cc1. The summed E-state index contributed by atoms with van der Waals surface area (Å²) in [5.41, 5.74) is 0. The maximum absolute atomic E-state index is 13.0. The molecular formula is C17H21NO5S2. The van der Waals surface area contributed by atoms with Crippen LogP contribution in [-0.4, -0.2) is 53.5 Å². The van der Waals surface area contributed by atoms with Gasteiger partial charge >= 0.3 is 5.97 Å². The van der Waals surface area contributed by atoms with E-state index in [-0.39, 0.29) is 18.0 Å². The van der Waals surface area contributed by atoms with Gasteiger partial charge < -0.3 is 9.84 Å². The highest BCUT2D eigenvalue weighted by Gasteiger charge is 2.48. The number of rotatable bonds is 5. The molecule has 0 bridgehead atoms. The molecule has 1 fully saturated rings. The molecule has 2 rings (SSSR count). The van der Waals surface area contributed by atoms with Crippen LogP contribution < -0.4 is 4.74 Å². The first-order valence-electron chi connectivity index (χ1n) is 7.71. The molecule has 1 atom stereocenters. The first-order valence-corrected chi connectivity index (χ1v) is 10.1. The van der Waals surface area contributed by atoms with Crippen LogP contribution in [-0.2, 0) is 14.8 Å². The average molecular weight is 383 g/mol. The van der Waals surface area contributed by atoms with Crippen molar-refractivity contribution in [3.63, 3.8) is 0 Å². The second-order valence-corrected chi connectivity index (χ2v) is 9.63. The fourth-order valence-corrected chi connectivity index (χ4v) is 5.76. The van der Waals surface area contributed by atoms with E-state index in [2.05, 4.69) is 11.8 Å². The van der Waals surface area contributed by atoms with E-state index in [1.54, 1.807) is 32.9 Å². The van der Waals surface area contributed by atoms with E-state index >= 15 is 0 Å². The van der Waals surface area contributed by atoms with Crippen LogP contribution >= 0.6 is 11.8 Å². The zero-order valence-corrected chi connectivity index (χ0v) is 16.0. The van der Waals surface area contributed by atoms with Gasteiger partial charge in [0.15, 0.2) is 0 Å². The number of thioether (sulfide) groups is 1. The van der Waals surface area contributed by atoms with E-state index < -0.39 is 26.8 Å². The third kappa shape index (κ3) is 4.29. The van der Waals surface area contributed by atoms with Crippen LogP contribution in [0.3, 0.4) is 0 Å². The van der Waals surface area contributed by atoms with E-state index in [1.165, 1.54) is 23.9 Å². The lowest BCUT2D eigenvalue weighted by Crippen LogP contribution is -2.58. The van der Waals surface area contributed by atoms with Crippen LogP contribution in [0.15, 0.2) is 29.2 Å². The van der Waals surface area contributed by atoms with Gasteiger partial charge in [-0.1, -0.05) is 5.92 Å². The molecule has 1 aromatic rings. The molecule has 0 spiro atoms. The van der Waals surface area contributed by atoms with Crippen molar-refractivity contribution < 1.29 is 23.1 Å². The highest BCUT2D eigenvalue weighted by atomic mass is 32.2. The average Bonchev–Trinajstić information content (AvgIpc) is 2.54. The minimum absolute atomic E-state index is 0.0513. The fourth-order valence-electron chi connectivity index (χ4n) is 2.67. The second kappa shape index (κ2) is 7.68. The Morgan fingerprint density at radius 1 is 1.40 bits per heavy atom. The Morgan fingerprint density at radius 2 is 2.04 bits per heavy atom. The zero-order valence-electron chi connectivity index (χ0n) is 14.4. The molecule has 0 saturated carbocycles. The summed E-state index contributed by atoms with van der Waals surface area (Å²) < 4.78 is 31.7. The molecule has 25 heavy (non-hydrogen) atoms. The van der Waals surface area contributed by atoms with E-state index in [0.29, 0.717) is 11.5 Å². The van der Waals surface area contributed by atoms with E-state index in [4.69, 9.17) is 4.74 Å². The van der Waals surface area contributed by atoms with Gasteiger partial charge in [0.2, 0.25) is 10.0 Å². The fraction of sp³-hybridized carbons (Fsp3) is 0.471. The van der Waals surface area contributed by atoms with Crippen molar-refractivity contribution in [3.05, 3.63) is 24.3 Å². The van der Waals surface area contributed by atoms with Crippen molar-refractivity contribution in [2.75, 3.05) is 18.9 Å². The van der Waals surface area contributed by atoms with Crippen LogP contribution in [0.4, 0.5) is 0 Å². The van der Waals surface area contributed by atoms with Crippen LogP contribution in [0.5, 0.6) is 5.75 Å². The molecule has 1 N–H and O–H groups in total. The van der Waals surface area contributed by atoms with E-state index in [9.17, 15) is 18.3 Å². The maximum Gasteiger partial charge on any atom is 0.323 e. The summed E-state index contributed by atoms with van der Waals surface area (Å²) in [6, 6.07) is 4.83. The molecule has 0 amide bonds. The lowest BCUT2D eigenvalue weighted by Gasteiger charge is -2.42. The lowest BCUT2D eigenvalue weighted by atomic mass is 10.0. The third-order valence-corrected chi connectivity index (χ3v) is 7.12. The number of aliphatic carboxylic acids is 1. The number of carboxylic acids is 1. The van der Waals surface area contributed by atoms with Gasteiger partial charge in [0, 0.05) is 17.0 Å². The Hall–Kier alpha value is -1.69. The molecule has 1 aromatic carbocycles. The van der Waals surface area contributed by atoms with Crippen molar-refractivity contribution in [3.8, 4) is 17.6 Å². The van der Waals surface area contributed by atoms with Crippen molar-refractivity contribution >= 4 is 27.8 Å². The summed E-state index contributed by atoms with van der Waals surface area (Å²) in [6.07, 6.45) is 0. The van der Waals surface area contributed by atoms with Crippen molar-refractivity contribution in [2.24, 2.45) is 0 Å². The molecule has 8 heteroatoms. The minimum Gasteiger partial charge on any atom is -0.481 e.